The van der Waals surface area contributed by atoms with E-state index in [0.717, 1.165) is 40.2 Å². The highest BCUT2D eigenvalue weighted by molar-refractivity contribution is 6.31. The lowest BCUT2D eigenvalue weighted by Gasteiger charge is -2.08. The van der Waals surface area contributed by atoms with Crippen LogP contribution in [-0.2, 0) is 6.54 Å². The zero-order chi connectivity index (χ0) is 13.1. The van der Waals surface area contributed by atoms with Gasteiger partial charge in [-0.2, -0.15) is 5.10 Å². The van der Waals surface area contributed by atoms with E-state index in [0.29, 0.717) is 0 Å². The van der Waals surface area contributed by atoms with Gasteiger partial charge in [-0.15, -0.1) is 0 Å². The Morgan fingerprint density at radius 2 is 1.83 bits per heavy atom. The number of nitrogens with one attached hydrogen (secondary N) is 1. The maximum absolute atomic E-state index is 6.09. The van der Waals surface area contributed by atoms with Gasteiger partial charge >= 0.3 is 0 Å². The minimum atomic E-state index is 0.742. The van der Waals surface area contributed by atoms with Crippen molar-refractivity contribution in [1.29, 1.82) is 0 Å². The first-order valence-corrected chi connectivity index (χ1v) is 6.52. The Morgan fingerprint density at radius 1 is 1.17 bits per heavy atom. The van der Waals surface area contributed by atoms with Crippen LogP contribution >= 0.6 is 23.2 Å². The SMILES string of the molecule is Cc1nn(CCNc2ccc(Cl)cc2)c(C)c1Cl. The zero-order valence-corrected chi connectivity index (χ0v) is 11.9. The molecule has 1 heterocycles. The predicted molar refractivity (Wildman–Crippen MR) is 76.7 cm³/mol. The molecule has 96 valence electrons. The van der Waals surface area contributed by atoms with Crippen molar-refractivity contribution in [2.75, 3.05) is 11.9 Å². The molecule has 2 rings (SSSR count). The first-order chi connectivity index (χ1) is 8.58. The van der Waals surface area contributed by atoms with Crippen molar-refractivity contribution < 1.29 is 0 Å². The van der Waals surface area contributed by atoms with E-state index in [1.54, 1.807) is 0 Å². The van der Waals surface area contributed by atoms with Gasteiger partial charge in [-0.3, -0.25) is 4.68 Å². The van der Waals surface area contributed by atoms with Crippen LogP contribution in [0.25, 0.3) is 0 Å². The molecule has 0 bridgehead atoms. The van der Waals surface area contributed by atoms with Gasteiger partial charge in [0.05, 0.1) is 23.0 Å². The van der Waals surface area contributed by atoms with Crippen LogP contribution < -0.4 is 5.32 Å². The second kappa shape index (κ2) is 5.63. The summed E-state index contributed by atoms with van der Waals surface area (Å²) in [6.45, 7) is 5.46. The van der Waals surface area contributed by atoms with Crippen LogP contribution in [0.1, 0.15) is 11.4 Å². The number of nitrogens with zero attached hydrogens (tertiary/aromatic N) is 2. The largest absolute Gasteiger partial charge is 0.383 e. The van der Waals surface area contributed by atoms with Crippen molar-refractivity contribution in [2.45, 2.75) is 20.4 Å². The van der Waals surface area contributed by atoms with E-state index < -0.39 is 0 Å². The Bertz CT molecular complexity index is 532. The molecule has 0 aliphatic rings. The van der Waals surface area contributed by atoms with E-state index in [4.69, 9.17) is 23.2 Å². The molecular weight excluding hydrogens is 269 g/mol. The van der Waals surface area contributed by atoms with Crippen molar-refractivity contribution in [3.63, 3.8) is 0 Å². The molecule has 0 unspecified atom stereocenters. The molecule has 0 spiro atoms. The van der Waals surface area contributed by atoms with Gasteiger partial charge in [-0.1, -0.05) is 23.2 Å². The van der Waals surface area contributed by atoms with E-state index in [-0.39, 0.29) is 0 Å². The van der Waals surface area contributed by atoms with Crippen molar-refractivity contribution in [3.05, 3.63) is 45.7 Å². The molecule has 0 fully saturated rings. The van der Waals surface area contributed by atoms with Gasteiger partial charge in [0.1, 0.15) is 0 Å². The molecule has 0 amide bonds. The maximum atomic E-state index is 6.09. The molecule has 18 heavy (non-hydrogen) atoms. The minimum absolute atomic E-state index is 0.742. The third-order valence-corrected chi connectivity index (χ3v) is 3.59. The maximum Gasteiger partial charge on any atom is 0.0844 e. The van der Waals surface area contributed by atoms with Gasteiger partial charge in [0.15, 0.2) is 0 Å². The first kappa shape index (κ1) is 13.2. The number of aryl methyl sites for hydroxylation is 1. The third-order valence-electron chi connectivity index (χ3n) is 2.79. The van der Waals surface area contributed by atoms with Gasteiger partial charge in [0.25, 0.3) is 0 Å². The number of anilines is 1. The van der Waals surface area contributed by atoms with Gasteiger partial charge < -0.3 is 5.32 Å². The molecule has 0 atom stereocenters. The van der Waals surface area contributed by atoms with Gasteiger partial charge in [-0.25, -0.2) is 0 Å². The summed E-state index contributed by atoms with van der Waals surface area (Å²) >= 11 is 11.9. The van der Waals surface area contributed by atoms with Crippen molar-refractivity contribution in [3.8, 4) is 0 Å². The number of halogens is 2. The van der Waals surface area contributed by atoms with Gasteiger partial charge in [0, 0.05) is 17.3 Å². The fourth-order valence-electron chi connectivity index (χ4n) is 1.77. The quantitative estimate of drug-likeness (QED) is 0.922. The second-order valence-corrected chi connectivity index (χ2v) is 4.96. The number of hydrogen-bond donors (Lipinski definition) is 1. The third kappa shape index (κ3) is 2.98. The molecule has 5 heteroatoms. The van der Waals surface area contributed by atoms with Crippen LogP contribution in [0.3, 0.4) is 0 Å². The average molecular weight is 284 g/mol. The molecule has 0 aliphatic carbocycles. The number of aromatic nitrogens is 2. The molecule has 0 aliphatic heterocycles. The van der Waals surface area contributed by atoms with Crippen LogP contribution in [0, 0.1) is 13.8 Å². The monoisotopic (exact) mass is 283 g/mol. The van der Waals surface area contributed by atoms with Gasteiger partial charge in [-0.05, 0) is 38.1 Å². The first-order valence-electron chi connectivity index (χ1n) is 5.77. The Labute approximate surface area is 117 Å². The highest BCUT2D eigenvalue weighted by Gasteiger charge is 2.08. The summed E-state index contributed by atoms with van der Waals surface area (Å²) in [5.74, 6) is 0. The Kier molecular flexibility index (Phi) is 4.15. The van der Waals surface area contributed by atoms with Crippen LogP contribution in [0.2, 0.25) is 10.0 Å². The lowest BCUT2D eigenvalue weighted by Crippen LogP contribution is -2.12. The molecule has 1 aromatic heterocycles. The Hall–Kier alpha value is -1.19. The van der Waals surface area contributed by atoms with Crippen molar-refractivity contribution >= 4 is 28.9 Å². The Balaban J connectivity index is 1.92. The molecule has 1 N–H and O–H groups in total. The van der Waals surface area contributed by atoms with E-state index in [2.05, 4.69) is 10.4 Å². The minimum Gasteiger partial charge on any atom is -0.383 e. The summed E-state index contributed by atoms with van der Waals surface area (Å²) in [4.78, 5) is 0. The number of hydrogen-bond acceptors (Lipinski definition) is 2. The summed E-state index contributed by atoms with van der Waals surface area (Å²) in [7, 11) is 0. The smallest absolute Gasteiger partial charge is 0.0844 e. The average Bonchev–Trinajstić information content (AvgIpc) is 2.60. The molecule has 1 aromatic carbocycles. The number of rotatable bonds is 4. The fourth-order valence-corrected chi connectivity index (χ4v) is 2.03. The van der Waals surface area contributed by atoms with E-state index in [9.17, 15) is 0 Å². The Morgan fingerprint density at radius 3 is 2.39 bits per heavy atom. The lowest BCUT2D eigenvalue weighted by atomic mass is 10.3. The normalized spacial score (nSPS) is 10.7. The second-order valence-electron chi connectivity index (χ2n) is 4.14. The summed E-state index contributed by atoms with van der Waals surface area (Å²) in [6.07, 6.45) is 0. The molecule has 0 radical (unpaired) electrons. The van der Waals surface area contributed by atoms with E-state index in [1.165, 1.54) is 0 Å². The topological polar surface area (TPSA) is 29.9 Å². The summed E-state index contributed by atoms with van der Waals surface area (Å²) in [6, 6.07) is 7.64. The highest BCUT2D eigenvalue weighted by Crippen LogP contribution is 2.18. The molecular formula is C13H15Cl2N3. The fraction of sp³-hybridized carbons (Fsp3) is 0.308. The van der Waals surface area contributed by atoms with Gasteiger partial charge in [0.2, 0.25) is 0 Å². The van der Waals surface area contributed by atoms with Crippen LogP contribution in [-0.4, -0.2) is 16.3 Å². The van der Waals surface area contributed by atoms with Crippen molar-refractivity contribution in [1.82, 2.24) is 9.78 Å². The summed E-state index contributed by atoms with van der Waals surface area (Å²) in [5.41, 5.74) is 2.93. The van der Waals surface area contributed by atoms with Crippen LogP contribution in [0.4, 0.5) is 5.69 Å². The standard InChI is InChI=1S/C13H15Cl2N3/c1-9-13(15)10(2)18(17-9)8-7-16-12-5-3-11(14)4-6-12/h3-6,16H,7-8H2,1-2H3. The molecule has 0 saturated heterocycles. The lowest BCUT2D eigenvalue weighted by molar-refractivity contribution is 0.615. The summed E-state index contributed by atoms with van der Waals surface area (Å²) in [5, 5.41) is 9.19. The molecule has 2 aromatic rings. The van der Waals surface area contributed by atoms with Crippen LogP contribution in [0.5, 0.6) is 0 Å². The summed E-state index contributed by atoms with van der Waals surface area (Å²) < 4.78 is 1.92. The highest BCUT2D eigenvalue weighted by atomic mass is 35.5. The number of benzene rings is 1. The zero-order valence-electron chi connectivity index (χ0n) is 10.4. The predicted octanol–water partition coefficient (Wildman–Crippen LogP) is 3.92. The molecule has 0 saturated carbocycles. The van der Waals surface area contributed by atoms with Crippen molar-refractivity contribution in [2.24, 2.45) is 0 Å². The van der Waals surface area contributed by atoms with E-state index in [1.807, 2.05) is 42.8 Å². The molecule has 3 nitrogen and oxygen atoms in total. The van der Waals surface area contributed by atoms with E-state index >= 15 is 0 Å². The van der Waals surface area contributed by atoms with Crippen LogP contribution in [0.15, 0.2) is 24.3 Å².